The molecule has 3 nitrogen and oxygen atoms in total. The van der Waals surface area contributed by atoms with E-state index >= 15 is 0 Å². The maximum absolute atomic E-state index is 13.8. The Labute approximate surface area is 119 Å². The zero-order valence-corrected chi connectivity index (χ0v) is 12.0. The van der Waals surface area contributed by atoms with Crippen LogP contribution in [0.2, 0.25) is 0 Å². The van der Waals surface area contributed by atoms with Gasteiger partial charge in [0.25, 0.3) is 0 Å². The van der Waals surface area contributed by atoms with Crippen LogP contribution in [0, 0.1) is 5.82 Å². The van der Waals surface area contributed by atoms with E-state index in [9.17, 15) is 4.39 Å². The number of furan rings is 1. The van der Waals surface area contributed by atoms with Gasteiger partial charge in [0.2, 0.25) is 0 Å². The van der Waals surface area contributed by atoms with Crippen LogP contribution in [0.25, 0.3) is 0 Å². The second kappa shape index (κ2) is 6.20. The normalized spacial score (nSPS) is 14.4. The molecular formula is C16H21FN2O. The van der Waals surface area contributed by atoms with Crippen molar-refractivity contribution in [1.82, 2.24) is 4.90 Å². The van der Waals surface area contributed by atoms with Gasteiger partial charge in [0.05, 0.1) is 12.8 Å². The number of hydrogen-bond acceptors (Lipinski definition) is 3. The second-order valence-electron chi connectivity index (χ2n) is 5.40. The van der Waals surface area contributed by atoms with Crippen molar-refractivity contribution in [3.8, 4) is 0 Å². The number of nitrogens with two attached hydrogens (primary N) is 1. The molecule has 0 aliphatic rings. The lowest BCUT2D eigenvalue weighted by molar-refractivity contribution is 0.125. The van der Waals surface area contributed by atoms with Gasteiger partial charge in [-0.2, -0.15) is 0 Å². The number of nitrogens with zero attached hydrogens (tertiary/aromatic N) is 1. The molecule has 4 heteroatoms. The maximum Gasteiger partial charge on any atom is 0.126 e. The quantitative estimate of drug-likeness (QED) is 0.882. The Morgan fingerprint density at radius 3 is 2.60 bits per heavy atom. The molecule has 1 aromatic carbocycles. The van der Waals surface area contributed by atoms with Gasteiger partial charge in [-0.05, 0) is 44.2 Å². The standard InChI is InChI=1S/C16H21FN2O/c1-16(12-18,10-13-6-3-4-8-15(13)17)19(2)11-14-7-5-9-20-14/h3-9H,10-12,18H2,1-2H3. The smallest absolute Gasteiger partial charge is 0.126 e. The molecule has 1 unspecified atom stereocenters. The predicted octanol–water partition coefficient (Wildman–Crippen LogP) is 2.81. The minimum Gasteiger partial charge on any atom is -0.468 e. The molecule has 1 atom stereocenters. The van der Waals surface area contributed by atoms with Gasteiger partial charge in [-0.3, -0.25) is 4.90 Å². The summed E-state index contributed by atoms with van der Waals surface area (Å²) in [6.45, 7) is 3.13. The zero-order chi connectivity index (χ0) is 14.6. The lowest BCUT2D eigenvalue weighted by Crippen LogP contribution is -2.51. The van der Waals surface area contributed by atoms with E-state index in [4.69, 9.17) is 10.2 Å². The summed E-state index contributed by atoms with van der Waals surface area (Å²) >= 11 is 0. The third-order valence-electron chi connectivity index (χ3n) is 3.86. The lowest BCUT2D eigenvalue weighted by atomic mass is 9.91. The fourth-order valence-electron chi connectivity index (χ4n) is 2.24. The molecule has 0 bridgehead atoms. The molecule has 20 heavy (non-hydrogen) atoms. The average molecular weight is 276 g/mol. The van der Waals surface area contributed by atoms with Crippen LogP contribution in [0.1, 0.15) is 18.2 Å². The molecule has 0 saturated carbocycles. The Hall–Kier alpha value is -1.65. The zero-order valence-electron chi connectivity index (χ0n) is 12.0. The van der Waals surface area contributed by atoms with Crippen LogP contribution in [0.4, 0.5) is 4.39 Å². The minimum absolute atomic E-state index is 0.182. The fraction of sp³-hybridized carbons (Fsp3) is 0.375. The van der Waals surface area contributed by atoms with Crippen LogP contribution in [0.15, 0.2) is 47.1 Å². The predicted molar refractivity (Wildman–Crippen MR) is 77.7 cm³/mol. The van der Waals surface area contributed by atoms with E-state index < -0.39 is 0 Å². The van der Waals surface area contributed by atoms with E-state index in [1.165, 1.54) is 6.07 Å². The van der Waals surface area contributed by atoms with Gasteiger partial charge in [0, 0.05) is 12.1 Å². The topological polar surface area (TPSA) is 42.4 Å². The van der Waals surface area contributed by atoms with Crippen LogP contribution in [-0.4, -0.2) is 24.0 Å². The van der Waals surface area contributed by atoms with E-state index in [0.29, 0.717) is 25.1 Å². The summed E-state index contributed by atoms with van der Waals surface area (Å²) in [6.07, 6.45) is 2.22. The van der Waals surface area contributed by atoms with E-state index in [2.05, 4.69) is 4.90 Å². The van der Waals surface area contributed by atoms with E-state index in [1.807, 2.05) is 38.2 Å². The fourth-order valence-corrected chi connectivity index (χ4v) is 2.24. The highest BCUT2D eigenvalue weighted by Crippen LogP contribution is 2.22. The first kappa shape index (κ1) is 14.8. The second-order valence-corrected chi connectivity index (χ2v) is 5.40. The van der Waals surface area contributed by atoms with Gasteiger partial charge in [0.15, 0.2) is 0 Å². The SMILES string of the molecule is CN(Cc1ccco1)C(C)(CN)Cc1ccccc1F. The van der Waals surface area contributed by atoms with Crippen molar-refractivity contribution >= 4 is 0 Å². The number of likely N-dealkylation sites (N-methyl/N-ethyl adjacent to an activating group) is 1. The average Bonchev–Trinajstić information content (AvgIpc) is 2.94. The van der Waals surface area contributed by atoms with Gasteiger partial charge in [0.1, 0.15) is 11.6 Å². The van der Waals surface area contributed by atoms with Crippen molar-refractivity contribution in [2.24, 2.45) is 5.73 Å². The Bertz CT molecular complexity index is 541. The largest absolute Gasteiger partial charge is 0.468 e. The Kier molecular flexibility index (Phi) is 4.57. The van der Waals surface area contributed by atoms with Gasteiger partial charge < -0.3 is 10.2 Å². The molecule has 0 radical (unpaired) electrons. The number of rotatable bonds is 6. The van der Waals surface area contributed by atoms with Gasteiger partial charge in [-0.1, -0.05) is 18.2 Å². The van der Waals surface area contributed by atoms with Crippen LogP contribution in [0.5, 0.6) is 0 Å². The highest BCUT2D eigenvalue weighted by Gasteiger charge is 2.29. The molecule has 0 amide bonds. The lowest BCUT2D eigenvalue weighted by Gasteiger charge is -2.38. The van der Waals surface area contributed by atoms with Crippen molar-refractivity contribution < 1.29 is 8.81 Å². The Morgan fingerprint density at radius 2 is 2.00 bits per heavy atom. The summed E-state index contributed by atoms with van der Waals surface area (Å²) in [5, 5.41) is 0. The van der Waals surface area contributed by atoms with Crippen LogP contribution < -0.4 is 5.73 Å². The highest BCUT2D eigenvalue weighted by molar-refractivity contribution is 5.20. The summed E-state index contributed by atoms with van der Waals surface area (Å²) in [5.74, 6) is 0.694. The molecule has 2 rings (SSSR count). The molecule has 0 spiro atoms. The molecule has 0 aliphatic heterocycles. The summed E-state index contributed by atoms with van der Waals surface area (Å²) in [5.41, 5.74) is 6.30. The van der Waals surface area contributed by atoms with Gasteiger partial charge in [-0.15, -0.1) is 0 Å². The number of halogens is 1. The third kappa shape index (κ3) is 3.26. The van der Waals surface area contributed by atoms with Crippen molar-refractivity contribution in [1.29, 1.82) is 0 Å². The molecule has 1 heterocycles. The van der Waals surface area contributed by atoms with Crippen molar-refractivity contribution in [2.75, 3.05) is 13.6 Å². The van der Waals surface area contributed by atoms with Gasteiger partial charge >= 0.3 is 0 Å². The van der Waals surface area contributed by atoms with Crippen LogP contribution in [-0.2, 0) is 13.0 Å². The van der Waals surface area contributed by atoms with Crippen LogP contribution >= 0.6 is 0 Å². The summed E-state index contributed by atoms with van der Waals surface area (Å²) in [7, 11) is 1.98. The van der Waals surface area contributed by atoms with Crippen LogP contribution in [0.3, 0.4) is 0 Å². The highest BCUT2D eigenvalue weighted by atomic mass is 19.1. The molecular weight excluding hydrogens is 255 g/mol. The molecule has 0 fully saturated rings. The van der Waals surface area contributed by atoms with Crippen molar-refractivity contribution in [2.45, 2.75) is 25.4 Å². The Balaban J connectivity index is 2.14. The molecule has 108 valence electrons. The van der Waals surface area contributed by atoms with Crippen molar-refractivity contribution in [3.63, 3.8) is 0 Å². The first-order chi connectivity index (χ1) is 9.55. The molecule has 0 aliphatic carbocycles. The van der Waals surface area contributed by atoms with Crippen molar-refractivity contribution in [3.05, 3.63) is 59.8 Å². The number of benzene rings is 1. The summed E-state index contributed by atoms with van der Waals surface area (Å²) in [6, 6.07) is 10.6. The Morgan fingerprint density at radius 1 is 1.25 bits per heavy atom. The number of hydrogen-bond donors (Lipinski definition) is 1. The molecule has 2 N–H and O–H groups in total. The first-order valence-corrected chi connectivity index (χ1v) is 6.72. The maximum atomic E-state index is 13.8. The van der Waals surface area contributed by atoms with Gasteiger partial charge in [-0.25, -0.2) is 4.39 Å². The monoisotopic (exact) mass is 276 g/mol. The molecule has 2 aromatic rings. The minimum atomic E-state index is -0.324. The first-order valence-electron chi connectivity index (χ1n) is 6.72. The molecule has 0 saturated heterocycles. The molecule has 1 aromatic heterocycles. The van der Waals surface area contributed by atoms with E-state index in [0.717, 1.165) is 5.76 Å². The summed E-state index contributed by atoms with van der Waals surface area (Å²) in [4.78, 5) is 2.11. The van der Waals surface area contributed by atoms with E-state index in [-0.39, 0.29) is 11.4 Å². The third-order valence-corrected chi connectivity index (χ3v) is 3.86. The summed E-state index contributed by atoms with van der Waals surface area (Å²) < 4.78 is 19.2. The van der Waals surface area contributed by atoms with E-state index in [1.54, 1.807) is 12.3 Å².